The second-order valence-electron chi connectivity index (χ2n) is 7.83. The van der Waals surface area contributed by atoms with Gasteiger partial charge in [-0.25, -0.2) is 0 Å². The van der Waals surface area contributed by atoms with E-state index in [-0.39, 0.29) is 11.9 Å². The Kier molecular flexibility index (Phi) is 5.27. The minimum absolute atomic E-state index is 0.117. The second kappa shape index (κ2) is 7.80. The molecule has 4 rings (SSSR count). The monoisotopic (exact) mass is 355 g/mol. The molecule has 0 radical (unpaired) electrons. The first kappa shape index (κ1) is 17.6. The molecule has 2 unspecified atom stereocenters. The summed E-state index contributed by atoms with van der Waals surface area (Å²) >= 11 is 0. The number of carbonyl (C=O) groups is 1. The zero-order chi connectivity index (χ0) is 17.9. The van der Waals surface area contributed by atoms with Crippen molar-refractivity contribution >= 4 is 16.8 Å². The van der Waals surface area contributed by atoms with Gasteiger partial charge in [-0.2, -0.15) is 0 Å². The Morgan fingerprint density at radius 1 is 1.15 bits per heavy atom. The average molecular weight is 355 g/mol. The molecule has 5 heteroatoms. The highest BCUT2D eigenvalue weighted by Gasteiger charge is 2.28. The zero-order valence-corrected chi connectivity index (χ0v) is 15.3. The Labute approximate surface area is 154 Å². The van der Waals surface area contributed by atoms with Gasteiger partial charge in [0.2, 0.25) is 5.91 Å². The Balaban J connectivity index is 1.33. The van der Waals surface area contributed by atoms with Gasteiger partial charge in [-0.3, -0.25) is 9.69 Å². The summed E-state index contributed by atoms with van der Waals surface area (Å²) in [7, 11) is 0. The van der Waals surface area contributed by atoms with E-state index in [0.717, 1.165) is 45.2 Å². The molecule has 3 heterocycles. The smallest absolute Gasteiger partial charge is 0.220 e. The summed E-state index contributed by atoms with van der Waals surface area (Å²) in [5, 5.41) is 15.1. The van der Waals surface area contributed by atoms with Gasteiger partial charge >= 0.3 is 0 Å². The molecule has 2 atom stereocenters. The number of aromatic nitrogens is 1. The number of nitrogens with zero attached hydrogens (tertiary/aromatic N) is 1. The number of aliphatic hydroxyl groups excluding tert-OH is 1. The molecular formula is C21H29N3O2. The fraction of sp³-hybridized carbons (Fsp3) is 0.571. The van der Waals surface area contributed by atoms with Gasteiger partial charge in [-0.15, -0.1) is 0 Å². The van der Waals surface area contributed by atoms with Crippen molar-refractivity contribution in [2.24, 2.45) is 0 Å². The van der Waals surface area contributed by atoms with E-state index in [1.54, 1.807) is 0 Å². The van der Waals surface area contributed by atoms with Crippen molar-refractivity contribution in [3.05, 3.63) is 36.0 Å². The molecule has 1 aromatic heterocycles. The maximum absolute atomic E-state index is 11.7. The molecule has 1 aromatic carbocycles. The van der Waals surface area contributed by atoms with E-state index in [0.29, 0.717) is 18.8 Å². The molecule has 3 N–H and O–H groups in total. The summed E-state index contributed by atoms with van der Waals surface area (Å²) in [6.07, 6.45) is 8.12. The summed E-state index contributed by atoms with van der Waals surface area (Å²) in [5.41, 5.74) is 2.61. The minimum Gasteiger partial charge on any atom is -0.378 e. The summed E-state index contributed by atoms with van der Waals surface area (Å²) in [6, 6.07) is 8.59. The number of nitrogens with one attached hydrogen (secondary N) is 2. The van der Waals surface area contributed by atoms with E-state index in [1.165, 1.54) is 16.5 Å². The number of amides is 1. The van der Waals surface area contributed by atoms with Gasteiger partial charge in [0.1, 0.15) is 6.23 Å². The van der Waals surface area contributed by atoms with Gasteiger partial charge in [0.25, 0.3) is 0 Å². The number of hydrogen-bond donors (Lipinski definition) is 3. The number of carbonyl (C=O) groups excluding carboxylic acids is 1. The third kappa shape index (κ3) is 3.79. The third-order valence-electron chi connectivity index (χ3n) is 6.08. The summed E-state index contributed by atoms with van der Waals surface area (Å²) in [6.45, 7) is 1.82. The minimum atomic E-state index is -0.456. The Morgan fingerprint density at radius 2 is 1.96 bits per heavy atom. The SMILES string of the molecule is O=C1CCCCC(CC(O)N2CCC(c3c[nH]c4ccccc34)CC2)N1. The molecule has 2 saturated heterocycles. The van der Waals surface area contributed by atoms with Crippen molar-refractivity contribution in [1.29, 1.82) is 0 Å². The maximum atomic E-state index is 11.7. The van der Waals surface area contributed by atoms with Crippen LogP contribution in [0.15, 0.2) is 30.5 Å². The number of aromatic amines is 1. The molecule has 5 nitrogen and oxygen atoms in total. The van der Waals surface area contributed by atoms with E-state index >= 15 is 0 Å². The Morgan fingerprint density at radius 3 is 2.81 bits per heavy atom. The second-order valence-corrected chi connectivity index (χ2v) is 7.83. The number of fused-ring (bicyclic) bond motifs is 1. The average Bonchev–Trinajstić information content (AvgIpc) is 2.98. The molecule has 1 amide bonds. The van der Waals surface area contributed by atoms with Crippen LogP contribution in [0.4, 0.5) is 0 Å². The van der Waals surface area contributed by atoms with Crippen molar-refractivity contribution in [2.75, 3.05) is 13.1 Å². The number of rotatable bonds is 4. The zero-order valence-electron chi connectivity index (χ0n) is 15.3. The topological polar surface area (TPSA) is 68.4 Å². The van der Waals surface area contributed by atoms with Crippen LogP contribution in [0.2, 0.25) is 0 Å². The number of H-pyrrole nitrogens is 1. The van der Waals surface area contributed by atoms with Gasteiger partial charge in [0.15, 0.2) is 0 Å². The first-order valence-corrected chi connectivity index (χ1v) is 9.98. The summed E-state index contributed by atoms with van der Waals surface area (Å²) in [5.74, 6) is 0.685. The van der Waals surface area contributed by atoms with Crippen LogP contribution < -0.4 is 5.32 Å². The van der Waals surface area contributed by atoms with Crippen molar-refractivity contribution in [3.8, 4) is 0 Å². The van der Waals surface area contributed by atoms with Gasteiger partial charge < -0.3 is 15.4 Å². The summed E-state index contributed by atoms with van der Waals surface area (Å²) < 4.78 is 0. The van der Waals surface area contributed by atoms with Crippen LogP contribution in [-0.2, 0) is 4.79 Å². The van der Waals surface area contributed by atoms with Gasteiger partial charge in [-0.05, 0) is 43.2 Å². The van der Waals surface area contributed by atoms with Gasteiger partial charge in [-0.1, -0.05) is 24.6 Å². The van der Waals surface area contributed by atoms with E-state index in [2.05, 4.69) is 45.7 Å². The maximum Gasteiger partial charge on any atom is 0.220 e. The highest BCUT2D eigenvalue weighted by Crippen LogP contribution is 2.33. The van der Waals surface area contributed by atoms with Crippen LogP contribution in [0.25, 0.3) is 10.9 Å². The first-order valence-electron chi connectivity index (χ1n) is 9.98. The Bertz CT molecular complexity index is 749. The highest BCUT2D eigenvalue weighted by atomic mass is 16.3. The molecule has 0 saturated carbocycles. The van der Waals surface area contributed by atoms with Gasteiger partial charge in [0, 0.05) is 49.1 Å². The molecule has 2 fully saturated rings. The Hall–Kier alpha value is -1.85. The number of aliphatic hydroxyl groups is 1. The molecule has 2 aromatic rings. The van der Waals surface area contributed by atoms with Crippen molar-refractivity contribution in [3.63, 3.8) is 0 Å². The fourth-order valence-electron chi connectivity index (χ4n) is 4.57. The molecule has 140 valence electrons. The molecule has 0 aliphatic carbocycles. The standard InChI is InChI=1S/C21H29N3O2/c25-20-8-4-1-5-16(23-20)13-21(26)24-11-9-15(10-12-24)18-14-22-19-7-3-2-6-17(18)19/h2-3,6-7,14-16,21-22,26H,1,4-5,8-13H2,(H,23,25). The predicted octanol–water partition coefficient (Wildman–Crippen LogP) is 3.11. The van der Waals surface area contributed by atoms with E-state index in [9.17, 15) is 9.90 Å². The van der Waals surface area contributed by atoms with Crippen LogP contribution in [0, 0.1) is 0 Å². The van der Waals surface area contributed by atoms with Crippen LogP contribution in [0.1, 0.15) is 56.4 Å². The number of piperidine rings is 1. The molecule has 26 heavy (non-hydrogen) atoms. The number of likely N-dealkylation sites (tertiary alicyclic amines) is 1. The number of benzene rings is 1. The third-order valence-corrected chi connectivity index (χ3v) is 6.08. The van der Waals surface area contributed by atoms with Crippen LogP contribution in [0.5, 0.6) is 0 Å². The van der Waals surface area contributed by atoms with Crippen LogP contribution >= 0.6 is 0 Å². The molecular weight excluding hydrogens is 326 g/mol. The van der Waals surface area contributed by atoms with Crippen molar-refractivity contribution in [1.82, 2.24) is 15.2 Å². The molecule has 0 spiro atoms. The predicted molar refractivity (Wildman–Crippen MR) is 103 cm³/mol. The van der Waals surface area contributed by atoms with E-state index < -0.39 is 6.23 Å². The molecule has 2 aliphatic rings. The summed E-state index contributed by atoms with van der Waals surface area (Å²) in [4.78, 5) is 17.3. The lowest BCUT2D eigenvalue weighted by Gasteiger charge is -2.36. The molecule has 0 bridgehead atoms. The largest absolute Gasteiger partial charge is 0.378 e. The lowest BCUT2D eigenvalue weighted by molar-refractivity contribution is -0.121. The normalized spacial score (nSPS) is 24.3. The van der Waals surface area contributed by atoms with Crippen molar-refractivity contribution < 1.29 is 9.90 Å². The van der Waals surface area contributed by atoms with Crippen LogP contribution in [-0.4, -0.2) is 46.3 Å². The first-order chi connectivity index (χ1) is 12.7. The van der Waals surface area contributed by atoms with E-state index in [4.69, 9.17) is 0 Å². The quantitative estimate of drug-likeness (QED) is 0.789. The van der Waals surface area contributed by atoms with Gasteiger partial charge in [0.05, 0.1) is 0 Å². The van der Waals surface area contributed by atoms with Crippen LogP contribution in [0.3, 0.4) is 0 Å². The lowest BCUT2D eigenvalue weighted by Crippen LogP contribution is -2.45. The number of hydrogen-bond acceptors (Lipinski definition) is 3. The van der Waals surface area contributed by atoms with Crippen molar-refractivity contribution in [2.45, 2.75) is 63.1 Å². The highest BCUT2D eigenvalue weighted by molar-refractivity contribution is 5.83. The number of para-hydroxylation sites is 1. The fourth-order valence-corrected chi connectivity index (χ4v) is 4.57. The van der Waals surface area contributed by atoms with E-state index in [1.807, 2.05) is 0 Å². The molecule has 2 aliphatic heterocycles. The lowest BCUT2D eigenvalue weighted by atomic mass is 9.89.